The maximum Gasteiger partial charge on any atom is 0.332 e. The highest BCUT2D eigenvalue weighted by atomic mass is 16.4. The minimum absolute atomic E-state index is 0.0198. The summed E-state index contributed by atoms with van der Waals surface area (Å²) in [4.78, 5) is 22.9. The Balaban J connectivity index is 1.95. The molecule has 1 aromatic rings. The first-order valence-corrected chi connectivity index (χ1v) is 6.81. The van der Waals surface area contributed by atoms with Crippen LogP contribution in [0.4, 0.5) is 0 Å². The summed E-state index contributed by atoms with van der Waals surface area (Å²) < 4.78 is 0. The van der Waals surface area contributed by atoms with Crippen molar-refractivity contribution in [1.29, 1.82) is 0 Å². The van der Waals surface area contributed by atoms with Gasteiger partial charge in [-0.3, -0.25) is 4.79 Å². The van der Waals surface area contributed by atoms with E-state index in [9.17, 15) is 14.7 Å². The van der Waals surface area contributed by atoms with E-state index in [1.54, 1.807) is 0 Å². The van der Waals surface area contributed by atoms with Crippen molar-refractivity contribution in [2.24, 2.45) is 0 Å². The quantitative estimate of drug-likeness (QED) is 0.725. The topological polar surface area (TPSA) is 86.6 Å². The predicted molar refractivity (Wildman–Crippen MR) is 73.2 cm³/mol. The van der Waals surface area contributed by atoms with E-state index in [0.29, 0.717) is 0 Å². The standard InChI is InChI=1S/C15H19NO4/c17-12(13(18)19)7-10-16-14(20)15(8-4-9-15)11-5-2-1-3-6-11/h1-3,5-6,12,17H,4,7-10H2,(H,16,20)(H,18,19)/t12-/m0/s1. The molecule has 1 saturated carbocycles. The van der Waals surface area contributed by atoms with E-state index in [2.05, 4.69) is 5.32 Å². The third-order valence-corrected chi connectivity index (χ3v) is 3.96. The summed E-state index contributed by atoms with van der Waals surface area (Å²) in [5.41, 5.74) is 0.526. The van der Waals surface area contributed by atoms with Gasteiger partial charge in [0.15, 0.2) is 6.10 Å². The van der Waals surface area contributed by atoms with E-state index in [-0.39, 0.29) is 18.9 Å². The lowest BCUT2D eigenvalue weighted by atomic mass is 9.64. The van der Waals surface area contributed by atoms with Crippen LogP contribution in [-0.4, -0.2) is 34.7 Å². The number of benzene rings is 1. The predicted octanol–water partition coefficient (Wildman–Crippen LogP) is 1.06. The highest BCUT2D eigenvalue weighted by Crippen LogP contribution is 2.43. The molecule has 1 aromatic carbocycles. The van der Waals surface area contributed by atoms with Gasteiger partial charge in [0.05, 0.1) is 5.41 Å². The van der Waals surface area contributed by atoms with Crippen LogP contribution in [0, 0.1) is 0 Å². The van der Waals surface area contributed by atoms with E-state index in [1.807, 2.05) is 30.3 Å². The molecule has 0 saturated heterocycles. The third-order valence-electron chi connectivity index (χ3n) is 3.96. The van der Waals surface area contributed by atoms with Crippen molar-refractivity contribution < 1.29 is 19.8 Å². The number of amides is 1. The zero-order valence-corrected chi connectivity index (χ0v) is 11.2. The molecule has 0 bridgehead atoms. The van der Waals surface area contributed by atoms with Crippen LogP contribution < -0.4 is 5.32 Å². The molecule has 108 valence electrons. The lowest BCUT2D eigenvalue weighted by Crippen LogP contribution is -2.49. The van der Waals surface area contributed by atoms with Gasteiger partial charge in [0, 0.05) is 13.0 Å². The number of carbonyl (C=O) groups is 2. The summed E-state index contributed by atoms with van der Waals surface area (Å²) in [7, 11) is 0. The fraction of sp³-hybridized carbons (Fsp3) is 0.467. The normalized spacial score (nSPS) is 17.9. The van der Waals surface area contributed by atoms with Crippen LogP contribution in [0.25, 0.3) is 0 Å². The smallest absolute Gasteiger partial charge is 0.332 e. The molecule has 1 aliphatic rings. The SMILES string of the molecule is O=C(O)[C@@H](O)CCNC(=O)C1(c2ccccc2)CCC1. The number of hydrogen-bond acceptors (Lipinski definition) is 3. The first-order valence-electron chi connectivity index (χ1n) is 6.81. The Labute approximate surface area is 117 Å². The van der Waals surface area contributed by atoms with Crippen molar-refractivity contribution >= 4 is 11.9 Å². The molecular formula is C15H19NO4. The molecule has 0 unspecified atom stereocenters. The molecule has 0 heterocycles. The second-order valence-electron chi connectivity index (χ2n) is 5.20. The Kier molecular flexibility index (Phi) is 4.39. The van der Waals surface area contributed by atoms with Gasteiger partial charge in [0.2, 0.25) is 5.91 Å². The van der Waals surface area contributed by atoms with Crippen LogP contribution in [0.5, 0.6) is 0 Å². The summed E-state index contributed by atoms with van der Waals surface area (Å²) in [6, 6.07) is 9.64. The number of hydrogen-bond donors (Lipinski definition) is 3. The Morgan fingerprint density at radius 2 is 1.90 bits per heavy atom. The summed E-state index contributed by atoms with van der Waals surface area (Å²) in [6.07, 6.45) is 1.23. The van der Waals surface area contributed by atoms with Crippen LogP contribution in [0.3, 0.4) is 0 Å². The van der Waals surface area contributed by atoms with Gasteiger partial charge in [-0.1, -0.05) is 36.8 Å². The summed E-state index contributed by atoms with van der Waals surface area (Å²) in [5, 5.41) is 20.5. The van der Waals surface area contributed by atoms with Crippen LogP contribution >= 0.6 is 0 Å². The molecule has 1 fully saturated rings. The number of aliphatic hydroxyl groups excluding tert-OH is 1. The summed E-state index contributed by atoms with van der Waals surface area (Å²) in [6.45, 7) is 0.168. The monoisotopic (exact) mass is 277 g/mol. The van der Waals surface area contributed by atoms with Gasteiger partial charge in [-0.05, 0) is 18.4 Å². The maximum atomic E-state index is 12.4. The highest BCUT2D eigenvalue weighted by Gasteiger charge is 2.45. The minimum Gasteiger partial charge on any atom is -0.479 e. The number of aliphatic carboxylic acids is 1. The zero-order valence-electron chi connectivity index (χ0n) is 11.2. The molecule has 0 radical (unpaired) electrons. The Bertz CT molecular complexity index is 482. The number of rotatable bonds is 6. The molecule has 1 aliphatic carbocycles. The molecule has 2 rings (SSSR count). The van der Waals surface area contributed by atoms with Crippen molar-refractivity contribution in [1.82, 2.24) is 5.32 Å². The molecule has 3 N–H and O–H groups in total. The molecule has 20 heavy (non-hydrogen) atoms. The molecule has 0 aromatic heterocycles. The van der Waals surface area contributed by atoms with E-state index in [4.69, 9.17) is 5.11 Å². The van der Waals surface area contributed by atoms with Crippen LogP contribution in [0.15, 0.2) is 30.3 Å². The van der Waals surface area contributed by atoms with E-state index in [1.165, 1.54) is 0 Å². The Morgan fingerprint density at radius 1 is 1.25 bits per heavy atom. The Hall–Kier alpha value is -1.88. The largest absolute Gasteiger partial charge is 0.479 e. The number of carbonyl (C=O) groups excluding carboxylic acids is 1. The average molecular weight is 277 g/mol. The molecule has 1 amide bonds. The maximum absolute atomic E-state index is 12.4. The van der Waals surface area contributed by atoms with Crippen molar-refractivity contribution in [3.63, 3.8) is 0 Å². The second-order valence-corrected chi connectivity index (χ2v) is 5.20. The molecule has 5 heteroatoms. The highest BCUT2D eigenvalue weighted by molar-refractivity contribution is 5.89. The number of carboxylic acids is 1. The van der Waals surface area contributed by atoms with E-state index < -0.39 is 17.5 Å². The fourth-order valence-corrected chi connectivity index (χ4v) is 2.55. The van der Waals surface area contributed by atoms with Gasteiger partial charge < -0.3 is 15.5 Å². The first-order chi connectivity index (χ1) is 9.56. The Morgan fingerprint density at radius 3 is 2.40 bits per heavy atom. The van der Waals surface area contributed by atoms with Gasteiger partial charge in [-0.15, -0.1) is 0 Å². The third kappa shape index (κ3) is 2.82. The molecule has 0 aliphatic heterocycles. The molecule has 1 atom stereocenters. The van der Waals surface area contributed by atoms with Crippen molar-refractivity contribution in [2.45, 2.75) is 37.2 Å². The second kappa shape index (κ2) is 6.05. The van der Waals surface area contributed by atoms with Crippen molar-refractivity contribution in [3.05, 3.63) is 35.9 Å². The van der Waals surface area contributed by atoms with E-state index >= 15 is 0 Å². The lowest BCUT2D eigenvalue weighted by molar-refractivity contribution is -0.147. The average Bonchev–Trinajstić information content (AvgIpc) is 2.38. The van der Waals surface area contributed by atoms with Crippen LogP contribution in [0.1, 0.15) is 31.2 Å². The zero-order chi connectivity index (χ0) is 14.6. The number of aliphatic hydroxyl groups is 1. The fourth-order valence-electron chi connectivity index (χ4n) is 2.55. The van der Waals surface area contributed by atoms with Gasteiger partial charge in [-0.2, -0.15) is 0 Å². The molecule has 5 nitrogen and oxygen atoms in total. The van der Waals surface area contributed by atoms with Gasteiger partial charge in [0.25, 0.3) is 0 Å². The van der Waals surface area contributed by atoms with Crippen molar-refractivity contribution in [3.8, 4) is 0 Å². The lowest BCUT2D eigenvalue weighted by Gasteiger charge is -2.40. The first kappa shape index (κ1) is 14.5. The van der Waals surface area contributed by atoms with Crippen LogP contribution in [0.2, 0.25) is 0 Å². The summed E-state index contributed by atoms with van der Waals surface area (Å²) >= 11 is 0. The molecule has 0 spiro atoms. The number of nitrogens with one attached hydrogen (secondary N) is 1. The van der Waals surface area contributed by atoms with Gasteiger partial charge in [-0.25, -0.2) is 4.79 Å². The van der Waals surface area contributed by atoms with E-state index in [0.717, 1.165) is 24.8 Å². The van der Waals surface area contributed by atoms with Crippen LogP contribution in [-0.2, 0) is 15.0 Å². The van der Waals surface area contributed by atoms with Gasteiger partial charge in [0.1, 0.15) is 0 Å². The van der Waals surface area contributed by atoms with Gasteiger partial charge >= 0.3 is 5.97 Å². The van der Waals surface area contributed by atoms with Crippen molar-refractivity contribution in [2.75, 3.05) is 6.54 Å². The number of carboxylic acid groups (broad SMARTS) is 1. The molecular weight excluding hydrogens is 258 g/mol. The minimum atomic E-state index is -1.43. The summed E-state index contributed by atoms with van der Waals surface area (Å²) in [5.74, 6) is -1.34.